The fraction of sp³-hybridized carbons (Fsp3) is 0.143. The second-order valence-corrected chi connectivity index (χ2v) is 9.18. The fourth-order valence-electron chi connectivity index (χ4n) is 2.34. The predicted molar refractivity (Wildman–Crippen MR) is 86.2 cm³/mol. The summed E-state index contributed by atoms with van der Waals surface area (Å²) in [5.74, 6) is 0.467. The topological polar surface area (TPSA) is 17.1 Å². The Balaban J connectivity index is 2.35. The summed E-state index contributed by atoms with van der Waals surface area (Å²) < 4.78 is 13.0. The average molecular weight is 386 g/mol. The molecule has 3 rings (SSSR count). The molecule has 2 unspecified atom stereocenters. The molecule has 0 saturated carbocycles. The minimum Gasteiger partial charge on any atom is -0.252 e. The van der Waals surface area contributed by atoms with Crippen LogP contribution in [0.3, 0.4) is 0 Å². The molecule has 0 bridgehead atoms. The standard InChI is InChI=1S/C14H11IOS2/c15-14-11-6-2-1-5-10(11)9-18(16,17)13-8-4-3-7-12(13)14/h1-8,14H,9H2. The largest absolute Gasteiger partial charge is 0.252 e. The van der Waals surface area contributed by atoms with E-state index in [1.807, 2.05) is 42.5 Å². The van der Waals surface area contributed by atoms with Crippen LogP contribution in [0.15, 0.2) is 53.4 Å². The number of halogens is 1. The van der Waals surface area contributed by atoms with Gasteiger partial charge < -0.3 is 0 Å². The zero-order valence-electron chi connectivity index (χ0n) is 9.51. The molecule has 4 heteroatoms. The van der Waals surface area contributed by atoms with Gasteiger partial charge in [-0.05, 0) is 33.9 Å². The number of hydrogen-bond donors (Lipinski definition) is 0. The van der Waals surface area contributed by atoms with Crippen LogP contribution in [0.5, 0.6) is 0 Å². The zero-order valence-corrected chi connectivity index (χ0v) is 13.3. The van der Waals surface area contributed by atoms with E-state index >= 15 is 0 Å². The molecule has 0 aromatic heterocycles. The van der Waals surface area contributed by atoms with Crippen molar-refractivity contribution in [1.82, 2.24) is 0 Å². The van der Waals surface area contributed by atoms with Crippen LogP contribution in [-0.4, -0.2) is 4.21 Å². The Hall–Kier alpha value is -0.460. The lowest BCUT2D eigenvalue weighted by atomic mass is 10.0. The molecule has 92 valence electrons. The van der Waals surface area contributed by atoms with E-state index in [9.17, 15) is 4.21 Å². The summed E-state index contributed by atoms with van der Waals surface area (Å²) >= 11 is 7.80. The van der Waals surface area contributed by atoms with Crippen molar-refractivity contribution >= 4 is 42.3 Å². The van der Waals surface area contributed by atoms with E-state index in [1.54, 1.807) is 0 Å². The Kier molecular flexibility index (Phi) is 3.20. The van der Waals surface area contributed by atoms with E-state index < -0.39 is 8.49 Å². The molecule has 1 aliphatic rings. The van der Waals surface area contributed by atoms with Crippen molar-refractivity contribution in [3.05, 3.63) is 65.2 Å². The molecule has 0 N–H and O–H groups in total. The molecule has 0 fully saturated rings. The predicted octanol–water partition coefficient (Wildman–Crippen LogP) is 3.83. The first-order valence-corrected chi connectivity index (χ1v) is 9.53. The summed E-state index contributed by atoms with van der Waals surface area (Å²) in [6.45, 7) is 0. The monoisotopic (exact) mass is 386 g/mol. The molecule has 1 nitrogen and oxygen atoms in total. The molecule has 0 aliphatic carbocycles. The van der Waals surface area contributed by atoms with Crippen LogP contribution < -0.4 is 0 Å². The molecule has 2 aromatic rings. The molecule has 1 aliphatic heterocycles. The molecular formula is C14H11IOS2. The van der Waals surface area contributed by atoms with Gasteiger partial charge in [0.15, 0.2) is 0 Å². The summed E-state index contributed by atoms with van der Waals surface area (Å²) in [6.07, 6.45) is 0. The molecule has 1 heterocycles. The van der Waals surface area contributed by atoms with Gasteiger partial charge in [0.1, 0.15) is 0 Å². The van der Waals surface area contributed by atoms with E-state index in [0.29, 0.717) is 5.75 Å². The Morgan fingerprint density at radius 2 is 1.67 bits per heavy atom. The molecular weight excluding hydrogens is 375 g/mol. The summed E-state index contributed by atoms with van der Waals surface area (Å²) in [7, 11) is -2.40. The molecule has 0 saturated heterocycles. The van der Waals surface area contributed by atoms with Gasteiger partial charge >= 0.3 is 0 Å². The van der Waals surface area contributed by atoms with E-state index in [1.165, 1.54) is 5.56 Å². The lowest BCUT2D eigenvalue weighted by Gasteiger charge is -2.12. The van der Waals surface area contributed by atoms with Gasteiger partial charge in [-0.2, -0.15) is 0 Å². The Labute approximate surface area is 125 Å². The minimum absolute atomic E-state index is 0.223. The fourth-order valence-corrected chi connectivity index (χ4v) is 6.19. The quantitative estimate of drug-likeness (QED) is 0.506. The van der Waals surface area contributed by atoms with Gasteiger partial charge in [-0.1, -0.05) is 65.1 Å². The zero-order chi connectivity index (χ0) is 12.8. The van der Waals surface area contributed by atoms with Gasteiger partial charge in [0, 0.05) is 4.90 Å². The SMILES string of the molecule is O=S1(=S)Cc2ccccc2C(I)c2ccccc21. The van der Waals surface area contributed by atoms with Crippen molar-refractivity contribution in [1.29, 1.82) is 0 Å². The Morgan fingerprint density at radius 1 is 1.06 bits per heavy atom. The van der Waals surface area contributed by atoms with Crippen LogP contribution in [0.1, 0.15) is 20.6 Å². The van der Waals surface area contributed by atoms with Crippen LogP contribution in [0, 0.1) is 0 Å². The molecule has 2 aromatic carbocycles. The summed E-state index contributed by atoms with van der Waals surface area (Å²) in [4.78, 5) is 0.843. The summed E-state index contributed by atoms with van der Waals surface area (Å²) in [5.41, 5.74) is 3.46. The highest BCUT2D eigenvalue weighted by atomic mass is 127. The average Bonchev–Trinajstić information content (AvgIpc) is 2.45. The molecule has 0 spiro atoms. The number of hydrogen-bond acceptors (Lipinski definition) is 2. The Bertz CT molecular complexity index is 707. The van der Waals surface area contributed by atoms with E-state index in [-0.39, 0.29) is 3.92 Å². The normalized spacial score (nSPS) is 25.9. The van der Waals surface area contributed by atoms with Crippen LogP contribution in [0.25, 0.3) is 0 Å². The molecule has 0 radical (unpaired) electrons. The summed E-state index contributed by atoms with van der Waals surface area (Å²) in [6, 6.07) is 16.0. The van der Waals surface area contributed by atoms with Gasteiger partial charge in [0.25, 0.3) is 0 Å². The molecule has 18 heavy (non-hydrogen) atoms. The minimum atomic E-state index is -2.40. The molecule has 0 amide bonds. The van der Waals surface area contributed by atoms with E-state index in [0.717, 1.165) is 16.0 Å². The highest BCUT2D eigenvalue weighted by molar-refractivity contribution is 14.1. The van der Waals surface area contributed by atoms with Crippen molar-refractivity contribution in [2.24, 2.45) is 0 Å². The summed E-state index contributed by atoms with van der Waals surface area (Å²) in [5, 5.41) is 0. The van der Waals surface area contributed by atoms with Crippen molar-refractivity contribution < 1.29 is 4.21 Å². The van der Waals surface area contributed by atoms with Crippen LogP contribution in [-0.2, 0) is 25.4 Å². The highest BCUT2D eigenvalue weighted by Gasteiger charge is 2.27. The van der Waals surface area contributed by atoms with Gasteiger partial charge in [-0.25, -0.2) is 0 Å². The number of alkyl halides is 1. The third-order valence-electron chi connectivity index (χ3n) is 3.20. The van der Waals surface area contributed by atoms with Gasteiger partial charge in [0.2, 0.25) is 0 Å². The number of fused-ring (bicyclic) bond motifs is 2. The molecule has 2 atom stereocenters. The van der Waals surface area contributed by atoms with Gasteiger partial charge in [-0.3, -0.25) is 4.21 Å². The lowest BCUT2D eigenvalue weighted by molar-refractivity contribution is 0.681. The third-order valence-corrected chi connectivity index (χ3v) is 7.17. The van der Waals surface area contributed by atoms with Gasteiger partial charge in [0.05, 0.1) is 18.2 Å². The van der Waals surface area contributed by atoms with Crippen molar-refractivity contribution in [2.45, 2.75) is 14.6 Å². The second kappa shape index (κ2) is 4.58. The first-order chi connectivity index (χ1) is 8.59. The van der Waals surface area contributed by atoms with E-state index in [2.05, 4.69) is 28.7 Å². The van der Waals surface area contributed by atoms with Crippen molar-refractivity contribution in [2.75, 3.05) is 0 Å². The Morgan fingerprint density at radius 3 is 2.44 bits per heavy atom. The van der Waals surface area contributed by atoms with Crippen molar-refractivity contribution in [3.8, 4) is 0 Å². The second-order valence-electron chi connectivity index (χ2n) is 4.36. The van der Waals surface area contributed by atoms with Gasteiger partial charge in [-0.15, -0.1) is 0 Å². The first kappa shape index (κ1) is 12.6. The third kappa shape index (κ3) is 2.00. The van der Waals surface area contributed by atoms with Crippen LogP contribution in [0.2, 0.25) is 0 Å². The maximum absolute atomic E-state index is 12.8. The maximum Gasteiger partial charge on any atom is 0.0634 e. The van der Waals surface area contributed by atoms with Crippen molar-refractivity contribution in [3.63, 3.8) is 0 Å². The lowest BCUT2D eigenvalue weighted by Crippen LogP contribution is -2.03. The number of benzene rings is 2. The van der Waals surface area contributed by atoms with E-state index in [4.69, 9.17) is 11.2 Å². The van der Waals surface area contributed by atoms with Crippen LogP contribution >= 0.6 is 22.6 Å². The highest BCUT2D eigenvalue weighted by Crippen LogP contribution is 2.41. The number of rotatable bonds is 0. The maximum atomic E-state index is 12.8. The first-order valence-electron chi connectivity index (χ1n) is 5.63. The smallest absolute Gasteiger partial charge is 0.0634 e. The van der Waals surface area contributed by atoms with Crippen LogP contribution in [0.4, 0.5) is 0 Å².